The molecule has 2 heterocycles. The molecule has 1 unspecified atom stereocenters. The van der Waals surface area contributed by atoms with Crippen LogP contribution in [0, 0.1) is 11.3 Å². The van der Waals surface area contributed by atoms with Crippen molar-refractivity contribution in [3.05, 3.63) is 65.2 Å². The molecule has 7 heteroatoms. The summed E-state index contributed by atoms with van der Waals surface area (Å²) in [5, 5.41) is 8.90. The van der Waals surface area contributed by atoms with E-state index in [1.807, 2.05) is 48.3 Å². The molecular formula is C20H20N4O2S. The Morgan fingerprint density at radius 1 is 1.22 bits per heavy atom. The van der Waals surface area contributed by atoms with E-state index in [1.165, 1.54) is 5.56 Å². The molecular weight excluding hydrogens is 360 g/mol. The molecule has 2 aromatic carbocycles. The highest BCUT2D eigenvalue weighted by Crippen LogP contribution is 2.29. The number of sulfonamides is 1. The van der Waals surface area contributed by atoms with Crippen molar-refractivity contribution in [2.24, 2.45) is 4.40 Å². The number of benzene rings is 2. The van der Waals surface area contributed by atoms with Gasteiger partial charge in [0.05, 0.1) is 11.6 Å². The van der Waals surface area contributed by atoms with Crippen LogP contribution in [0.25, 0.3) is 0 Å². The molecule has 0 N–H and O–H groups in total. The summed E-state index contributed by atoms with van der Waals surface area (Å²) in [6, 6.07) is 17.0. The van der Waals surface area contributed by atoms with Crippen LogP contribution in [-0.4, -0.2) is 50.2 Å². The summed E-state index contributed by atoms with van der Waals surface area (Å²) in [5.41, 5.74) is 2.52. The van der Waals surface area contributed by atoms with Gasteiger partial charge in [0.25, 0.3) is 10.0 Å². The molecule has 2 aromatic rings. The molecule has 0 saturated carbocycles. The molecule has 0 radical (unpaired) electrons. The summed E-state index contributed by atoms with van der Waals surface area (Å²) in [6.45, 7) is 2.60. The van der Waals surface area contributed by atoms with Crippen LogP contribution in [0.4, 0.5) is 0 Å². The first-order valence-corrected chi connectivity index (χ1v) is 10.3. The number of likely N-dealkylation sites (tertiary alicyclic amines) is 1. The molecule has 0 spiro atoms. The highest BCUT2D eigenvalue weighted by Gasteiger charge is 2.35. The van der Waals surface area contributed by atoms with Crippen LogP contribution in [0.2, 0.25) is 0 Å². The van der Waals surface area contributed by atoms with Crippen LogP contribution in [0.1, 0.15) is 23.1 Å². The fourth-order valence-electron chi connectivity index (χ4n) is 3.73. The Bertz CT molecular complexity index is 1040. The average Bonchev–Trinajstić information content (AvgIpc) is 3.25. The Kier molecular flexibility index (Phi) is 4.46. The van der Waals surface area contributed by atoms with E-state index in [1.54, 1.807) is 12.1 Å². The third-order valence-electron chi connectivity index (χ3n) is 5.23. The summed E-state index contributed by atoms with van der Waals surface area (Å²) < 4.78 is 28.6. The van der Waals surface area contributed by atoms with Gasteiger partial charge in [0.1, 0.15) is 4.90 Å². The lowest BCUT2D eigenvalue weighted by molar-refractivity contribution is 0.296. The van der Waals surface area contributed by atoms with Gasteiger partial charge in [0, 0.05) is 38.3 Å². The molecule has 138 valence electrons. The summed E-state index contributed by atoms with van der Waals surface area (Å²) in [5.74, 6) is 0.538. The number of rotatable bonds is 3. The molecule has 1 saturated heterocycles. The first kappa shape index (κ1) is 17.7. The topological polar surface area (TPSA) is 76.8 Å². The van der Waals surface area contributed by atoms with Gasteiger partial charge < -0.3 is 4.90 Å². The van der Waals surface area contributed by atoms with Crippen LogP contribution in [-0.2, 0) is 16.6 Å². The summed E-state index contributed by atoms with van der Waals surface area (Å²) in [6.07, 6.45) is 0.952. The SMILES string of the molecule is CN(C1=NS(=O)(=O)c2ccccc21)C1CCN(Cc2ccc(C#N)cc2)C1. The first-order chi connectivity index (χ1) is 13.0. The van der Waals surface area contributed by atoms with Gasteiger partial charge in [-0.1, -0.05) is 24.3 Å². The molecule has 2 aliphatic heterocycles. The largest absolute Gasteiger partial charge is 0.354 e. The quantitative estimate of drug-likeness (QED) is 0.816. The summed E-state index contributed by atoms with van der Waals surface area (Å²) >= 11 is 0. The number of likely N-dealkylation sites (N-methyl/N-ethyl adjacent to an activating group) is 1. The van der Waals surface area contributed by atoms with Gasteiger partial charge in [-0.25, -0.2) is 0 Å². The van der Waals surface area contributed by atoms with Gasteiger partial charge in [-0.05, 0) is 36.2 Å². The van der Waals surface area contributed by atoms with E-state index >= 15 is 0 Å². The van der Waals surface area contributed by atoms with Crippen LogP contribution < -0.4 is 0 Å². The number of nitriles is 1. The second-order valence-electron chi connectivity index (χ2n) is 6.98. The normalized spacial score (nSPS) is 20.7. The minimum atomic E-state index is -3.59. The Labute approximate surface area is 159 Å². The van der Waals surface area contributed by atoms with Crippen LogP contribution in [0.5, 0.6) is 0 Å². The minimum absolute atomic E-state index is 0.212. The molecule has 27 heavy (non-hydrogen) atoms. The molecule has 6 nitrogen and oxygen atoms in total. The van der Waals surface area contributed by atoms with Crippen molar-refractivity contribution >= 4 is 15.9 Å². The zero-order valence-electron chi connectivity index (χ0n) is 15.0. The van der Waals surface area contributed by atoms with Crippen molar-refractivity contribution in [2.75, 3.05) is 20.1 Å². The molecule has 0 amide bonds. The molecule has 4 rings (SSSR count). The predicted octanol–water partition coefficient (Wildman–Crippen LogP) is 2.21. The molecule has 1 fully saturated rings. The average molecular weight is 380 g/mol. The highest BCUT2D eigenvalue weighted by molar-refractivity contribution is 7.90. The number of nitrogens with zero attached hydrogens (tertiary/aromatic N) is 4. The maximum Gasteiger partial charge on any atom is 0.285 e. The van der Waals surface area contributed by atoms with E-state index in [9.17, 15) is 8.42 Å². The highest BCUT2D eigenvalue weighted by atomic mass is 32.2. The molecule has 0 aliphatic carbocycles. The first-order valence-electron chi connectivity index (χ1n) is 8.86. The van der Waals surface area contributed by atoms with Gasteiger partial charge >= 0.3 is 0 Å². The number of hydrogen-bond donors (Lipinski definition) is 0. The Morgan fingerprint density at radius 3 is 2.70 bits per heavy atom. The second kappa shape index (κ2) is 6.80. The molecule has 1 atom stereocenters. The third kappa shape index (κ3) is 3.34. The van der Waals surface area contributed by atoms with E-state index in [2.05, 4.69) is 15.4 Å². The Hall–Kier alpha value is -2.69. The second-order valence-corrected chi connectivity index (χ2v) is 8.56. The van der Waals surface area contributed by atoms with Gasteiger partial charge in [0.2, 0.25) is 0 Å². The third-order valence-corrected chi connectivity index (χ3v) is 6.56. The maximum atomic E-state index is 12.3. The van der Waals surface area contributed by atoms with E-state index in [4.69, 9.17) is 5.26 Å². The van der Waals surface area contributed by atoms with Crippen molar-refractivity contribution in [2.45, 2.75) is 23.9 Å². The van der Waals surface area contributed by atoms with Crippen molar-refractivity contribution < 1.29 is 8.42 Å². The van der Waals surface area contributed by atoms with Crippen molar-refractivity contribution in [1.82, 2.24) is 9.80 Å². The van der Waals surface area contributed by atoms with Gasteiger partial charge in [-0.2, -0.15) is 13.7 Å². The Morgan fingerprint density at radius 2 is 1.96 bits per heavy atom. The zero-order chi connectivity index (χ0) is 19.0. The smallest absolute Gasteiger partial charge is 0.285 e. The Balaban J connectivity index is 1.47. The van der Waals surface area contributed by atoms with Gasteiger partial charge in [0.15, 0.2) is 5.84 Å². The fraction of sp³-hybridized carbons (Fsp3) is 0.300. The lowest BCUT2D eigenvalue weighted by Gasteiger charge is -2.26. The lowest BCUT2D eigenvalue weighted by atomic mass is 10.1. The van der Waals surface area contributed by atoms with Crippen LogP contribution in [0.3, 0.4) is 0 Å². The number of amidine groups is 1. The molecule has 0 bridgehead atoms. The standard InChI is InChI=1S/C20H20N4O2S/c1-23(20-18-4-2-3-5-19(18)27(25,26)22-20)17-10-11-24(14-17)13-16-8-6-15(12-21)7-9-16/h2-9,17H,10-11,13-14H2,1H3. The number of fused-ring (bicyclic) bond motifs is 1. The van der Waals surface area contributed by atoms with Gasteiger partial charge in [-0.15, -0.1) is 4.40 Å². The minimum Gasteiger partial charge on any atom is -0.354 e. The van der Waals surface area contributed by atoms with Crippen molar-refractivity contribution in [1.29, 1.82) is 5.26 Å². The predicted molar refractivity (Wildman–Crippen MR) is 103 cm³/mol. The lowest BCUT2D eigenvalue weighted by Crippen LogP contribution is -2.38. The summed E-state index contributed by atoms with van der Waals surface area (Å²) in [4.78, 5) is 4.64. The van der Waals surface area contributed by atoms with E-state index < -0.39 is 10.0 Å². The van der Waals surface area contributed by atoms with Crippen LogP contribution in [0.15, 0.2) is 57.8 Å². The fourth-order valence-corrected chi connectivity index (χ4v) is 4.97. The van der Waals surface area contributed by atoms with Crippen molar-refractivity contribution in [3.8, 4) is 6.07 Å². The molecule has 0 aromatic heterocycles. The monoisotopic (exact) mass is 380 g/mol. The molecule has 2 aliphatic rings. The van der Waals surface area contributed by atoms with E-state index in [0.717, 1.165) is 26.1 Å². The van der Waals surface area contributed by atoms with Crippen LogP contribution >= 0.6 is 0 Å². The maximum absolute atomic E-state index is 12.3. The zero-order valence-corrected chi connectivity index (χ0v) is 15.9. The number of hydrogen-bond acceptors (Lipinski definition) is 5. The van der Waals surface area contributed by atoms with Gasteiger partial charge in [-0.3, -0.25) is 4.90 Å². The summed E-state index contributed by atoms with van der Waals surface area (Å²) in [7, 11) is -1.67. The van der Waals surface area contributed by atoms with Crippen molar-refractivity contribution in [3.63, 3.8) is 0 Å². The van der Waals surface area contributed by atoms with E-state index in [-0.39, 0.29) is 6.04 Å². The van der Waals surface area contributed by atoms with E-state index in [0.29, 0.717) is 21.9 Å².